The van der Waals surface area contributed by atoms with Crippen molar-refractivity contribution >= 4 is 21.9 Å². The van der Waals surface area contributed by atoms with Gasteiger partial charge >= 0.3 is 0 Å². The van der Waals surface area contributed by atoms with Gasteiger partial charge in [-0.3, -0.25) is 19.0 Å². The highest BCUT2D eigenvalue weighted by molar-refractivity contribution is 7.87. The first-order valence-electron chi connectivity index (χ1n) is 7.66. The fourth-order valence-corrected chi connectivity index (χ4v) is 3.86. The van der Waals surface area contributed by atoms with Crippen molar-refractivity contribution in [3.05, 3.63) is 0 Å². The lowest BCUT2D eigenvalue weighted by Gasteiger charge is -2.14. The predicted molar refractivity (Wildman–Crippen MR) is 79.2 cm³/mol. The SMILES string of the molecule is CCCCCCCCN1C(=O)C(CC)C(S(=O)(=O)O)C1=O. The molecule has 2 amide bonds. The number of imide groups is 1. The number of likely N-dealkylation sites (tertiary alicyclic amines) is 1. The lowest BCUT2D eigenvalue weighted by atomic mass is 10.1. The van der Waals surface area contributed by atoms with E-state index in [1.54, 1.807) is 6.92 Å². The monoisotopic (exact) mass is 319 g/mol. The molecule has 7 heteroatoms. The maximum Gasteiger partial charge on any atom is 0.277 e. The Balaban J connectivity index is 2.59. The second-order valence-corrected chi connectivity index (χ2v) is 7.08. The third-order valence-electron chi connectivity index (χ3n) is 3.95. The van der Waals surface area contributed by atoms with Gasteiger partial charge in [0.15, 0.2) is 5.25 Å². The maximum absolute atomic E-state index is 12.1. The van der Waals surface area contributed by atoms with E-state index in [1.165, 1.54) is 6.42 Å². The van der Waals surface area contributed by atoms with Crippen molar-refractivity contribution in [1.29, 1.82) is 0 Å². The fourth-order valence-electron chi connectivity index (χ4n) is 2.76. The van der Waals surface area contributed by atoms with E-state index < -0.39 is 33.1 Å². The zero-order chi connectivity index (χ0) is 16.0. The summed E-state index contributed by atoms with van der Waals surface area (Å²) < 4.78 is 31.8. The maximum atomic E-state index is 12.1. The Morgan fingerprint density at radius 1 is 1.00 bits per heavy atom. The van der Waals surface area contributed by atoms with Crippen molar-refractivity contribution in [3.63, 3.8) is 0 Å². The van der Waals surface area contributed by atoms with E-state index in [9.17, 15) is 18.0 Å². The molecular formula is C14H25NO5S. The summed E-state index contributed by atoms with van der Waals surface area (Å²) in [6.45, 7) is 4.01. The van der Waals surface area contributed by atoms with Crippen LogP contribution in [-0.4, -0.2) is 41.5 Å². The van der Waals surface area contributed by atoms with Crippen molar-refractivity contribution in [2.75, 3.05) is 6.54 Å². The topological polar surface area (TPSA) is 91.8 Å². The first-order chi connectivity index (χ1) is 9.84. The van der Waals surface area contributed by atoms with E-state index >= 15 is 0 Å². The number of rotatable bonds is 9. The Labute approximate surface area is 126 Å². The summed E-state index contributed by atoms with van der Waals surface area (Å²) in [4.78, 5) is 25.2. The van der Waals surface area contributed by atoms with Gasteiger partial charge in [-0.15, -0.1) is 0 Å². The molecule has 0 aromatic carbocycles. The summed E-state index contributed by atoms with van der Waals surface area (Å²) in [7, 11) is -4.53. The molecule has 1 heterocycles. The largest absolute Gasteiger partial charge is 0.285 e. The minimum Gasteiger partial charge on any atom is -0.285 e. The number of carbonyl (C=O) groups is 2. The van der Waals surface area contributed by atoms with Gasteiger partial charge < -0.3 is 0 Å². The van der Waals surface area contributed by atoms with Gasteiger partial charge in [-0.2, -0.15) is 8.42 Å². The molecule has 2 atom stereocenters. The molecule has 1 aliphatic heterocycles. The van der Waals surface area contributed by atoms with Crippen molar-refractivity contribution in [2.45, 2.75) is 64.0 Å². The van der Waals surface area contributed by atoms with Crippen LogP contribution in [0.15, 0.2) is 0 Å². The first-order valence-corrected chi connectivity index (χ1v) is 9.16. The van der Waals surface area contributed by atoms with Crippen LogP contribution in [0.3, 0.4) is 0 Å². The van der Waals surface area contributed by atoms with Crippen molar-refractivity contribution in [3.8, 4) is 0 Å². The molecule has 1 N–H and O–H groups in total. The Kier molecular flexibility index (Phi) is 6.80. The fraction of sp³-hybridized carbons (Fsp3) is 0.857. The zero-order valence-electron chi connectivity index (χ0n) is 12.7. The molecule has 0 aromatic rings. The Bertz CT molecular complexity index is 474. The van der Waals surface area contributed by atoms with Crippen molar-refractivity contribution < 1.29 is 22.6 Å². The van der Waals surface area contributed by atoms with Gasteiger partial charge in [-0.25, -0.2) is 0 Å². The van der Waals surface area contributed by atoms with Gasteiger partial charge in [-0.1, -0.05) is 46.0 Å². The van der Waals surface area contributed by atoms with Gasteiger partial charge in [0.05, 0.1) is 5.92 Å². The normalized spacial score (nSPS) is 23.1. The van der Waals surface area contributed by atoms with Crippen LogP contribution in [0, 0.1) is 5.92 Å². The molecule has 0 saturated carbocycles. The van der Waals surface area contributed by atoms with Crippen LogP contribution < -0.4 is 0 Å². The highest BCUT2D eigenvalue weighted by Crippen LogP contribution is 2.28. The van der Waals surface area contributed by atoms with Crippen molar-refractivity contribution in [1.82, 2.24) is 4.90 Å². The summed E-state index contributed by atoms with van der Waals surface area (Å²) in [6.07, 6.45) is 6.30. The molecule has 0 bridgehead atoms. The van der Waals surface area contributed by atoms with Crippen LogP contribution in [0.25, 0.3) is 0 Å². The molecule has 1 fully saturated rings. The van der Waals surface area contributed by atoms with Gasteiger partial charge in [0.1, 0.15) is 0 Å². The van der Waals surface area contributed by atoms with Crippen LogP contribution in [-0.2, 0) is 19.7 Å². The van der Waals surface area contributed by atoms with Gasteiger partial charge in [-0.05, 0) is 12.8 Å². The summed E-state index contributed by atoms with van der Waals surface area (Å²) in [6, 6.07) is 0. The number of hydrogen-bond donors (Lipinski definition) is 1. The molecule has 2 unspecified atom stereocenters. The zero-order valence-corrected chi connectivity index (χ0v) is 13.6. The number of hydrogen-bond acceptors (Lipinski definition) is 4. The molecule has 0 spiro atoms. The average molecular weight is 319 g/mol. The molecule has 21 heavy (non-hydrogen) atoms. The van der Waals surface area contributed by atoms with Crippen LogP contribution in [0.4, 0.5) is 0 Å². The highest BCUT2D eigenvalue weighted by Gasteiger charge is 2.52. The molecule has 1 aliphatic rings. The minimum absolute atomic E-state index is 0.224. The molecule has 6 nitrogen and oxygen atoms in total. The Morgan fingerprint density at radius 2 is 1.57 bits per heavy atom. The molecule has 122 valence electrons. The lowest BCUT2D eigenvalue weighted by Crippen LogP contribution is -2.36. The third kappa shape index (κ3) is 4.51. The van der Waals surface area contributed by atoms with Crippen molar-refractivity contribution in [2.24, 2.45) is 5.92 Å². The quantitative estimate of drug-likeness (QED) is 0.399. The molecule has 0 radical (unpaired) electrons. The average Bonchev–Trinajstić information content (AvgIpc) is 2.65. The third-order valence-corrected chi connectivity index (χ3v) is 5.13. The Hall–Kier alpha value is -0.950. The Morgan fingerprint density at radius 3 is 2.05 bits per heavy atom. The van der Waals surface area contributed by atoms with Crippen LogP contribution in [0.1, 0.15) is 58.8 Å². The number of nitrogens with zero attached hydrogens (tertiary/aromatic N) is 1. The number of amides is 2. The summed E-state index contributed by atoms with van der Waals surface area (Å²) in [5, 5.41) is -1.62. The smallest absolute Gasteiger partial charge is 0.277 e. The van der Waals surface area contributed by atoms with Gasteiger partial charge in [0.25, 0.3) is 16.0 Å². The first kappa shape index (κ1) is 18.1. The second kappa shape index (κ2) is 7.89. The van der Waals surface area contributed by atoms with E-state index in [0.29, 0.717) is 6.42 Å². The van der Waals surface area contributed by atoms with Crippen LogP contribution in [0.5, 0.6) is 0 Å². The van der Waals surface area contributed by atoms with E-state index in [0.717, 1.165) is 30.6 Å². The predicted octanol–water partition coefficient (Wildman–Crippen LogP) is 2.00. The lowest BCUT2D eigenvalue weighted by molar-refractivity contribution is -0.139. The van der Waals surface area contributed by atoms with Crippen LogP contribution in [0.2, 0.25) is 0 Å². The van der Waals surface area contributed by atoms with E-state index in [2.05, 4.69) is 6.92 Å². The summed E-state index contributed by atoms with van der Waals surface area (Å²) in [5.74, 6) is -2.20. The molecular weight excluding hydrogens is 294 g/mol. The summed E-state index contributed by atoms with van der Waals surface area (Å²) in [5.41, 5.74) is 0. The standard InChI is InChI=1S/C14H25NO5S/c1-3-5-6-7-8-9-10-15-13(16)11(4-2)12(14(15)17)21(18,19)20/h11-12H,3-10H2,1-2H3,(H,18,19,20). The van der Waals surface area contributed by atoms with E-state index in [1.807, 2.05) is 0 Å². The summed E-state index contributed by atoms with van der Waals surface area (Å²) >= 11 is 0. The molecule has 1 rings (SSSR count). The molecule has 0 aromatic heterocycles. The highest BCUT2D eigenvalue weighted by atomic mass is 32.2. The number of unbranched alkanes of at least 4 members (excludes halogenated alkanes) is 5. The van der Waals surface area contributed by atoms with Gasteiger partial charge in [0.2, 0.25) is 5.91 Å². The van der Waals surface area contributed by atoms with E-state index in [-0.39, 0.29) is 13.0 Å². The minimum atomic E-state index is -4.53. The number of carbonyl (C=O) groups excluding carboxylic acids is 2. The second-order valence-electron chi connectivity index (χ2n) is 5.55. The van der Waals surface area contributed by atoms with E-state index in [4.69, 9.17) is 4.55 Å². The molecule has 0 aliphatic carbocycles. The van der Waals surface area contributed by atoms with Gasteiger partial charge in [0, 0.05) is 6.54 Å². The van der Waals surface area contributed by atoms with Crippen LogP contribution >= 0.6 is 0 Å². The molecule has 1 saturated heterocycles.